The summed E-state index contributed by atoms with van der Waals surface area (Å²) in [5.74, 6) is -1.67. The lowest BCUT2D eigenvalue weighted by Gasteiger charge is -2.18. The number of unbranched alkanes of at least 4 members (excludes halogenated alkanes) is 2. The topological polar surface area (TPSA) is 404 Å². The molecule has 0 unspecified atom stereocenters. The Balaban J connectivity index is -0.000000310. The van der Waals surface area contributed by atoms with Crippen molar-refractivity contribution in [1.29, 1.82) is 0 Å². The van der Waals surface area contributed by atoms with E-state index in [4.69, 9.17) is 123 Å². The number of rotatable bonds is 23. The minimum absolute atomic E-state index is 0.0185. The van der Waals surface area contributed by atoms with E-state index in [1.807, 2.05) is 112 Å². The number of thiophene rings is 1. The van der Waals surface area contributed by atoms with Crippen molar-refractivity contribution in [3.63, 3.8) is 0 Å². The highest BCUT2D eigenvalue weighted by Crippen LogP contribution is 2.28. The quantitative estimate of drug-likeness (QED) is 0.0534. The largest absolute Gasteiger partial charge is 0.469 e. The first kappa shape index (κ1) is 100. The normalized spacial score (nSPS) is 21.6. The van der Waals surface area contributed by atoms with Gasteiger partial charge in [0, 0.05) is 84.6 Å². The number of Topliss-reactive ketones (excluding diaryl/α,β-unsaturated/α-hetero) is 1. The minimum atomic E-state index is -0.680. The molecule has 13 N–H and O–H groups in total. The number of aliphatic hydroxyl groups excluding tert-OH is 13. The van der Waals surface area contributed by atoms with Crippen molar-refractivity contribution in [2.75, 3.05) is 133 Å². The summed E-state index contributed by atoms with van der Waals surface area (Å²) in [5.41, 5.74) is -0.108. The van der Waals surface area contributed by atoms with Gasteiger partial charge in [0.25, 0.3) is 0 Å². The Hall–Kier alpha value is -2.61. The van der Waals surface area contributed by atoms with Gasteiger partial charge in [0.15, 0.2) is 28.9 Å². The van der Waals surface area contributed by atoms with Crippen LogP contribution >= 0.6 is 11.3 Å². The number of carbonyl (C=O) groups is 1. The lowest BCUT2D eigenvalue weighted by atomic mass is 10.2. The van der Waals surface area contributed by atoms with Gasteiger partial charge in [-0.25, -0.2) is 0 Å². The molecule has 94 heavy (non-hydrogen) atoms. The highest BCUT2D eigenvalue weighted by atomic mass is 32.1. The van der Waals surface area contributed by atoms with Crippen LogP contribution < -0.4 is 0 Å². The molecule has 562 valence electrons. The third-order valence-corrected chi connectivity index (χ3v) is 12.4. The van der Waals surface area contributed by atoms with Crippen molar-refractivity contribution < 1.29 is 132 Å². The molecule has 0 amide bonds. The predicted octanol–water partition coefficient (Wildman–Crippen LogP) is 4.60. The van der Waals surface area contributed by atoms with Crippen LogP contribution in [0, 0.1) is 0 Å². The zero-order valence-corrected chi connectivity index (χ0v) is 60.6. The molecular formula is C66H130O27S. The van der Waals surface area contributed by atoms with Gasteiger partial charge in [-0.05, 0) is 159 Å². The Morgan fingerprint density at radius 2 is 0.979 bits per heavy atom. The number of aliphatic hydroxyl groups is 13. The summed E-state index contributed by atoms with van der Waals surface area (Å²) in [6, 6.07) is 7.68. The molecule has 27 nitrogen and oxygen atoms in total. The highest BCUT2D eigenvalue weighted by molar-refractivity contribution is 7.09. The molecule has 5 aliphatic heterocycles. The van der Waals surface area contributed by atoms with E-state index in [2.05, 4.69) is 11.3 Å². The number of hydrogen-bond donors (Lipinski definition) is 13. The fourth-order valence-electron chi connectivity index (χ4n) is 7.27. The Morgan fingerprint density at radius 3 is 1.20 bits per heavy atom. The van der Waals surface area contributed by atoms with Gasteiger partial charge in [-0.3, -0.25) is 4.79 Å². The van der Waals surface area contributed by atoms with Crippen LogP contribution in [0.25, 0.3) is 0 Å². The van der Waals surface area contributed by atoms with Gasteiger partial charge in [0.1, 0.15) is 36.0 Å². The molecule has 0 aliphatic carbocycles. The molecule has 0 bridgehead atoms. The predicted molar refractivity (Wildman–Crippen MR) is 358 cm³/mol. The summed E-state index contributed by atoms with van der Waals surface area (Å²) in [6.45, 7) is 33.8. The first-order chi connectivity index (χ1) is 44.2. The Bertz CT molecular complexity index is 1790. The van der Waals surface area contributed by atoms with Crippen molar-refractivity contribution >= 4 is 17.1 Å². The first-order valence-corrected chi connectivity index (χ1v) is 32.7. The molecule has 5 aliphatic rings. The summed E-state index contributed by atoms with van der Waals surface area (Å²) in [4.78, 5) is 11.1. The first-order valence-electron chi connectivity index (χ1n) is 31.8. The van der Waals surface area contributed by atoms with Gasteiger partial charge in [-0.1, -0.05) is 12.1 Å². The monoisotopic (exact) mass is 1390 g/mol. The number of furan rings is 1. The molecule has 5 saturated heterocycles. The number of allylic oxidation sites excluding steroid dienone is 1. The van der Waals surface area contributed by atoms with Crippen molar-refractivity contribution in [3.05, 3.63) is 59.2 Å². The fourth-order valence-corrected chi connectivity index (χ4v) is 7.97. The number of hydrogen-bond acceptors (Lipinski definition) is 28. The maximum Gasteiger partial charge on any atom is 0.163 e. The number of ketones is 1. The van der Waals surface area contributed by atoms with Crippen molar-refractivity contribution in [2.45, 2.75) is 226 Å². The Morgan fingerprint density at radius 1 is 0.543 bits per heavy atom. The molecule has 7 rings (SSSR count). The van der Waals surface area contributed by atoms with Gasteiger partial charge >= 0.3 is 0 Å². The Labute approximate surface area is 565 Å². The van der Waals surface area contributed by atoms with E-state index in [0.717, 1.165) is 45.0 Å². The lowest BCUT2D eigenvalue weighted by Crippen LogP contribution is -2.29. The van der Waals surface area contributed by atoms with E-state index in [1.165, 1.54) is 11.8 Å². The van der Waals surface area contributed by atoms with E-state index in [9.17, 15) is 4.79 Å². The standard InChI is InChI=1S/C7H14O4.2C7H14O3.2C6H12O3.C6H8O2.C6H14O2.C6H8OS.C6H12O.C4H10O2.C4H8O2.CH4O/c1-7(2)10-5(3-8)6(4-9)11-7;2*1-7(2)9-5-6(10-7)3-4-8;2*1-6(2)8-4-5(3-7)9-6;7-4-3-6-2-1-5-8-6;1-6(2,3)8-5-4-7;7-4-3-6-2-1-5-8-6;1-2-3-4-5-6-7;1-6-4-2-3-5;1-4(6)2-3-5;1-2/h5-6,8-9H,3-4H2,1-2H3;2*6,8H,3-5H2,1-2H3;2*5,7H,3-4H2,1-2H3;1-2,5,7H,3-4H2;7H,4-5H2,1-3H3;1-2,5,7H,3-4H2;2,7H,1,3-6H2;5H,2-4H2,1H3;5H,2-3H2,1H3;2H,1H3/t5-,6-;2*6-;2*5-;;;;;;;/m11010......./s1. The van der Waals surface area contributed by atoms with Crippen LogP contribution in [0.5, 0.6) is 0 Å². The zero-order chi connectivity index (χ0) is 73.1. The zero-order valence-electron chi connectivity index (χ0n) is 59.7. The fraction of sp³-hybridized carbons (Fsp3) is 0.833. The number of ether oxygens (including phenoxy) is 12. The van der Waals surface area contributed by atoms with Gasteiger partial charge in [0.05, 0.1) is 96.7 Å². The molecule has 2 aromatic heterocycles. The van der Waals surface area contributed by atoms with Crippen LogP contribution in [-0.4, -0.2) is 276 Å². The molecule has 6 atom stereocenters. The van der Waals surface area contributed by atoms with Crippen LogP contribution in [0.1, 0.15) is 153 Å². The molecule has 0 aromatic carbocycles. The van der Waals surface area contributed by atoms with Crippen LogP contribution in [0.3, 0.4) is 0 Å². The van der Waals surface area contributed by atoms with E-state index in [0.29, 0.717) is 71.9 Å². The Kier molecular flexibility index (Phi) is 65.4. The van der Waals surface area contributed by atoms with Crippen LogP contribution in [0.4, 0.5) is 0 Å². The lowest BCUT2D eigenvalue weighted by molar-refractivity contribution is -0.151. The van der Waals surface area contributed by atoms with Gasteiger partial charge < -0.3 is 128 Å². The molecule has 7 heterocycles. The van der Waals surface area contributed by atoms with Crippen molar-refractivity contribution in [3.8, 4) is 0 Å². The second-order valence-electron chi connectivity index (χ2n) is 23.8. The summed E-state index contributed by atoms with van der Waals surface area (Å²) in [5, 5.41) is 110. The van der Waals surface area contributed by atoms with Crippen LogP contribution in [0.2, 0.25) is 0 Å². The molecule has 28 heteroatoms. The second-order valence-corrected chi connectivity index (χ2v) is 24.8. The molecule has 0 saturated carbocycles. The molecule has 0 spiro atoms. The summed E-state index contributed by atoms with van der Waals surface area (Å²) >= 11 is 1.69. The third-order valence-electron chi connectivity index (χ3n) is 11.5. The second kappa shape index (κ2) is 61.5. The van der Waals surface area contributed by atoms with Gasteiger partial charge in [-0.15, -0.1) is 17.9 Å². The summed E-state index contributed by atoms with van der Waals surface area (Å²) < 4.78 is 67.3. The SMILES string of the molecule is C=CCCCCO.CC(=O)CCO.CC(C)(C)OCCO.CC1(C)OC[C@@H](CCO)O1.CC1(C)OC[C@@H](CO)O1.CC1(C)OC[C@H](CCO)O1.CC1(C)OC[C@H](CO)O1.CC1(C)O[C@H](CO)[C@@H](CO)O1.CO.COCCCO.OCCc1ccco1.OCCc1cccs1. The number of methoxy groups -OCH3 is 1. The molecule has 0 radical (unpaired) electrons. The van der Waals surface area contributed by atoms with E-state index in [-0.39, 0.29) is 108 Å². The smallest absolute Gasteiger partial charge is 0.163 e. The highest BCUT2D eigenvalue weighted by Gasteiger charge is 2.40. The number of carbonyl (C=O) groups excluding carboxylic acids is 1. The van der Waals surface area contributed by atoms with Crippen molar-refractivity contribution in [2.24, 2.45) is 0 Å². The molecule has 2 aromatic rings. The van der Waals surface area contributed by atoms with E-state index in [1.54, 1.807) is 38.6 Å². The van der Waals surface area contributed by atoms with Gasteiger partial charge in [0.2, 0.25) is 0 Å². The van der Waals surface area contributed by atoms with E-state index >= 15 is 0 Å². The average molecular weight is 1390 g/mol. The molecular weight excluding hydrogens is 1260 g/mol. The van der Waals surface area contributed by atoms with Crippen LogP contribution in [0.15, 0.2) is 53.0 Å². The van der Waals surface area contributed by atoms with E-state index < -0.39 is 41.1 Å². The summed E-state index contributed by atoms with van der Waals surface area (Å²) in [6.07, 6.45) is 9.41. The van der Waals surface area contributed by atoms with Crippen molar-refractivity contribution in [1.82, 2.24) is 0 Å². The maximum atomic E-state index is 9.88. The molecule has 5 fully saturated rings. The summed E-state index contributed by atoms with van der Waals surface area (Å²) in [7, 11) is 2.62. The maximum absolute atomic E-state index is 9.88. The third kappa shape index (κ3) is 64.1. The minimum Gasteiger partial charge on any atom is -0.469 e. The van der Waals surface area contributed by atoms with Gasteiger partial charge in [-0.2, -0.15) is 0 Å². The average Bonchev–Trinajstić information content (AvgIpc) is 1.74. The van der Waals surface area contributed by atoms with Crippen LogP contribution in [-0.2, 0) is 74.5 Å².